The summed E-state index contributed by atoms with van der Waals surface area (Å²) in [4.78, 5) is 0. The molecule has 5 atom stereocenters. The molecular formula is C29H62O5Si3. The summed E-state index contributed by atoms with van der Waals surface area (Å²) in [7, 11) is -6.04. The third kappa shape index (κ3) is 7.03. The van der Waals surface area contributed by atoms with Gasteiger partial charge in [-0.1, -0.05) is 90.0 Å². The highest BCUT2D eigenvalue weighted by atomic mass is 28.4. The number of rotatable bonds is 12. The Morgan fingerprint density at radius 3 is 1.70 bits per heavy atom. The zero-order chi connectivity index (χ0) is 28.3. The van der Waals surface area contributed by atoms with E-state index in [9.17, 15) is 0 Å². The summed E-state index contributed by atoms with van der Waals surface area (Å²) in [6.07, 6.45) is 0.957. The summed E-state index contributed by atoms with van der Waals surface area (Å²) < 4.78 is 34.9. The van der Waals surface area contributed by atoms with Gasteiger partial charge in [-0.15, -0.1) is 0 Å². The smallest absolute Gasteiger partial charge is 0.349 e. The third-order valence-corrected chi connectivity index (χ3v) is 24.3. The largest absolute Gasteiger partial charge is 0.416 e. The zero-order valence-corrected chi connectivity index (χ0v) is 29.8. The zero-order valence-electron chi connectivity index (χ0n) is 26.8. The number of fused-ring (bicyclic) bond motifs is 1. The van der Waals surface area contributed by atoms with Crippen LogP contribution in [0.15, 0.2) is 0 Å². The van der Waals surface area contributed by atoms with E-state index in [0.29, 0.717) is 6.61 Å². The van der Waals surface area contributed by atoms with Crippen LogP contribution in [0.25, 0.3) is 0 Å². The molecule has 2 aliphatic heterocycles. The molecule has 0 bridgehead atoms. The average Bonchev–Trinajstić information content (AvgIpc) is 2.86. The lowest BCUT2D eigenvalue weighted by molar-refractivity contribution is -0.209. The molecule has 0 aromatic heterocycles. The predicted octanol–water partition coefficient (Wildman–Crippen LogP) is 8.65. The Balaban J connectivity index is 2.36. The second-order valence-corrected chi connectivity index (χ2v) is 28.1. The van der Waals surface area contributed by atoms with Crippen LogP contribution in [-0.4, -0.2) is 62.8 Å². The van der Waals surface area contributed by atoms with Crippen molar-refractivity contribution in [3.8, 4) is 0 Å². The number of hydrogen-bond acceptors (Lipinski definition) is 5. The SMILES string of the molecule is CC[Si](CC)(CC)OC[C@@H](C)[C@@H]1O[C@@H]2CO[Si](C(C)(C)C)(C(C)(C)C)O[C@@H]2C[C@@H]1O[Si](CC)(CC)CC. The molecule has 8 heteroatoms. The maximum atomic E-state index is 7.22. The topological polar surface area (TPSA) is 46.2 Å². The van der Waals surface area contributed by atoms with Crippen LogP contribution in [0.3, 0.4) is 0 Å². The molecule has 37 heavy (non-hydrogen) atoms. The normalized spacial score (nSPS) is 28.1. The molecule has 0 aromatic carbocycles. The van der Waals surface area contributed by atoms with E-state index in [1.54, 1.807) is 0 Å². The van der Waals surface area contributed by atoms with E-state index in [4.69, 9.17) is 22.4 Å². The van der Waals surface area contributed by atoms with E-state index < -0.39 is 25.2 Å². The van der Waals surface area contributed by atoms with Gasteiger partial charge in [-0.2, -0.15) is 0 Å². The summed E-state index contributed by atoms with van der Waals surface area (Å²) in [5, 5.41) is -0.0680. The van der Waals surface area contributed by atoms with E-state index >= 15 is 0 Å². The van der Waals surface area contributed by atoms with Crippen molar-refractivity contribution < 1.29 is 22.4 Å². The first-order valence-electron chi connectivity index (χ1n) is 15.4. The van der Waals surface area contributed by atoms with Gasteiger partial charge in [0.25, 0.3) is 0 Å². The van der Waals surface area contributed by atoms with Gasteiger partial charge in [-0.25, -0.2) is 0 Å². The number of hydrogen-bond donors (Lipinski definition) is 0. The van der Waals surface area contributed by atoms with E-state index in [1.807, 2.05) is 0 Å². The molecule has 0 saturated carbocycles. The second-order valence-electron chi connectivity index (χ2n) is 13.9. The summed E-state index contributed by atoms with van der Waals surface area (Å²) in [5.74, 6) is 0.272. The molecule has 0 aliphatic carbocycles. The first-order valence-corrected chi connectivity index (χ1v) is 22.3. The van der Waals surface area contributed by atoms with Crippen LogP contribution < -0.4 is 0 Å². The predicted molar refractivity (Wildman–Crippen MR) is 164 cm³/mol. The standard InChI is InChI=1S/C29H62O5Si3/c1-14-35(15-2,16-3)30-21-23(7)27-25(33-36(17-4,18-5)19-6)20-24-26(32-27)22-31-37(34-24,28(8,9)10)29(11,12)13/h23-27H,14-22H2,1-13H3/t23-,24-,25+,26-,27+/m1/s1. The fraction of sp³-hybridized carbons (Fsp3) is 1.00. The van der Waals surface area contributed by atoms with Gasteiger partial charge in [-0.05, 0) is 36.3 Å². The highest BCUT2D eigenvalue weighted by molar-refractivity contribution is 6.74. The Morgan fingerprint density at radius 2 is 1.27 bits per heavy atom. The van der Waals surface area contributed by atoms with Gasteiger partial charge in [0.05, 0.1) is 24.9 Å². The fourth-order valence-electron chi connectivity index (χ4n) is 6.92. The molecule has 0 unspecified atom stereocenters. The van der Waals surface area contributed by atoms with Gasteiger partial charge in [0.1, 0.15) is 6.10 Å². The first kappa shape index (κ1) is 33.7. The molecule has 0 amide bonds. The van der Waals surface area contributed by atoms with Gasteiger partial charge >= 0.3 is 8.56 Å². The van der Waals surface area contributed by atoms with Crippen molar-refractivity contribution in [1.82, 2.24) is 0 Å². The number of ether oxygens (including phenoxy) is 1. The van der Waals surface area contributed by atoms with Gasteiger partial charge in [-0.3, -0.25) is 0 Å². The van der Waals surface area contributed by atoms with Crippen molar-refractivity contribution in [1.29, 1.82) is 0 Å². The van der Waals surface area contributed by atoms with Crippen molar-refractivity contribution in [2.75, 3.05) is 13.2 Å². The third-order valence-electron chi connectivity index (χ3n) is 9.80. The van der Waals surface area contributed by atoms with E-state index in [1.165, 1.54) is 18.1 Å². The Labute approximate surface area is 233 Å². The molecule has 0 N–H and O–H groups in total. The molecule has 2 aliphatic rings. The second kappa shape index (κ2) is 13.0. The van der Waals surface area contributed by atoms with Crippen molar-refractivity contribution >= 4 is 25.2 Å². The lowest BCUT2D eigenvalue weighted by Crippen LogP contribution is -2.68. The molecular weight excluding hydrogens is 513 g/mol. The van der Waals surface area contributed by atoms with E-state index in [-0.39, 0.29) is 40.4 Å². The molecule has 2 heterocycles. The monoisotopic (exact) mass is 574 g/mol. The van der Waals surface area contributed by atoms with Crippen LogP contribution in [0.1, 0.15) is 96.4 Å². The lowest BCUT2D eigenvalue weighted by atomic mass is 9.91. The highest BCUT2D eigenvalue weighted by Crippen LogP contribution is 2.55. The molecule has 0 aromatic rings. The van der Waals surface area contributed by atoms with Crippen LogP contribution >= 0.6 is 0 Å². The van der Waals surface area contributed by atoms with Crippen LogP contribution in [-0.2, 0) is 22.4 Å². The minimum absolute atomic E-state index is 0.0145. The molecule has 220 valence electrons. The van der Waals surface area contributed by atoms with Crippen LogP contribution in [0.5, 0.6) is 0 Å². The van der Waals surface area contributed by atoms with E-state index in [0.717, 1.165) is 31.2 Å². The molecule has 2 saturated heterocycles. The van der Waals surface area contributed by atoms with Crippen molar-refractivity contribution in [2.24, 2.45) is 5.92 Å². The van der Waals surface area contributed by atoms with Gasteiger partial charge in [0, 0.05) is 29.0 Å². The minimum Gasteiger partial charge on any atom is -0.416 e. The summed E-state index contributed by atoms with van der Waals surface area (Å²) in [6, 6.07) is 6.96. The molecule has 5 nitrogen and oxygen atoms in total. The fourth-order valence-corrected chi connectivity index (χ4v) is 17.5. The van der Waals surface area contributed by atoms with Crippen LogP contribution in [0, 0.1) is 5.92 Å². The lowest BCUT2D eigenvalue weighted by Gasteiger charge is -2.57. The summed E-state index contributed by atoms with van der Waals surface area (Å²) in [5.41, 5.74) is 0. The summed E-state index contributed by atoms with van der Waals surface area (Å²) >= 11 is 0. The molecule has 2 rings (SSSR count). The molecule has 0 radical (unpaired) electrons. The van der Waals surface area contributed by atoms with Crippen molar-refractivity contribution in [3.63, 3.8) is 0 Å². The first-order chi connectivity index (χ1) is 17.1. The Morgan fingerprint density at radius 1 is 0.784 bits per heavy atom. The molecule has 0 spiro atoms. The van der Waals surface area contributed by atoms with Crippen LogP contribution in [0.2, 0.25) is 46.3 Å². The van der Waals surface area contributed by atoms with Gasteiger partial charge < -0.3 is 22.4 Å². The van der Waals surface area contributed by atoms with Crippen molar-refractivity contribution in [2.45, 2.75) is 167 Å². The average molecular weight is 575 g/mol. The Kier molecular flexibility index (Phi) is 11.8. The molecule has 2 fully saturated rings. The maximum absolute atomic E-state index is 7.22. The van der Waals surface area contributed by atoms with Crippen LogP contribution in [0.4, 0.5) is 0 Å². The van der Waals surface area contributed by atoms with E-state index in [2.05, 4.69) is 90.0 Å². The maximum Gasteiger partial charge on any atom is 0.349 e. The van der Waals surface area contributed by atoms with Gasteiger partial charge in [0.2, 0.25) is 0 Å². The Bertz CT molecular complexity index is 666. The minimum atomic E-state index is -2.55. The van der Waals surface area contributed by atoms with Gasteiger partial charge in [0.15, 0.2) is 16.6 Å². The quantitative estimate of drug-likeness (QED) is 0.218. The summed E-state index contributed by atoms with van der Waals surface area (Å²) in [6.45, 7) is 31.3. The van der Waals surface area contributed by atoms with Crippen molar-refractivity contribution in [3.05, 3.63) is 0 Å². The Hall–Kier alpha value is 0.451. The highest BCUT2D eigenvalue weighted by Gasteiger charge is 2.63.